The van der Waals surface area contributed by atoms with Gasteiger partial charge in [0.25, 0.3) is 0 Å². The summed E-state index contributed by atoms with van der Waals surface area (Å²) in [6.45, 7) is 0.101. The van der Waals surface area contributed by atoms with E-state index in [2.05, 4.69) is 0 Å². The summed E-state index contributed by atoms with van der Waals surface area (Å²) in [6.07, 6.45) is 6.98. The zero-order chi connectivity index (χ0) is 10.9. The van der Waals surface area contributed by atoms with Gasteiger partial charge in [-0.1, -0.05) is 19.3 Å². The summed E-state index contributed by atoms with van der Waals surface area (Å²) in [5.41, 5.74) is -0.900. The molecule has 0 spiro atoms. The van der Waals surface area contributed by atoms with E-state index in [9.17, 15) is 10.2 Å². The third kappa shape index (κ3) is 1.71. The molecule has 88 valence electrons. The second-order valence-electron chi connectivity index (χ2n) is 5.30. The van der Waals surface area contributed by atoms with Crippen molar-refractivity contribution in [1.29, 1.82) is 0 Å². The first-order valence-electron chi connectivity index (χ1n) is 6.02. The SMILES string of the molecule is COC1CC(CO)(C2(O)CCCCC2)C1. The average molecular weight is 214 g/mol. The van der Waals surface area contributed by atoms with Crippen molar-refractivity contribution in [3.8, 4) is 0 Å². The Hall–Kier alpha value is -0.120. The largest absolute Gasteiger partial charge is 0.396 e. The van der Waals surface area contributed by atoms with Crippen LogP contribution in [-0.4, -0.2) is 35.6 Å². The van der Waals surface area contributed by atoms with Crippen LogP contribution in [0.4, 0.5) is 0 Å². The highest BCUT2D eigenvalue weighted by molar-refractivity contribution is 5.08. The van der Waals surface area contributed by atoms with Gasteiger partial charge in [0, 0.05) is 12.5 Å². The second kappa shape index (κ2) is 4.04. The van der Waals surface area contributed by atoms with Crippen LogP contribution in [0.2, 0.25) is 0 Å². The summed E-state index contributed by atoms with van der Waals surface area (Å²) >= 11 is 0. The molecule has 0 amide bonds. The monoisotopic (exact) mass is 214 g/mol. The van der Waals surface area contributed by atoms with Gasteiger partial charge in [-0.25, -0.2) is 0 Å². The molecular formula is C12H22O3. The zero-order valence-corrected chi connectivity index (χ0v) is 9.54. The van der Waals surface area contributed by atoms with E-state index in [1.807, 2.05) is 0 Å². The van der Waals surface area contributed by atoms with Gasteiger partial charge in [0.1, 0.15) is 0 Å². The third-order valence-electron chi connectivity index (χ3n) is 4.54. The van der Waals surface area contributed by atoms with Crippen LogP contribution in [0.15, 0.2) is 0 Å². The van der Waals surface area contributed by atoms with E-state index in [1.54, 1.807) is 7.11 Å². The van der Waals surface area contributed by atoms with Gasteiger partial charge in [-0.15, -0.1) is 0 Å². The van der Waals surface area contributed by atoms with Crippen LogP contribution < -0.4 is 0 Å². The lowest BCUT2D eigenvalue weighted by Crippen LogP contribution is -2.60. The molecule has 0 aromatic rings. The molecule has 0 heterocycles. The number of hydrogen-bond donors (Lipinski definition) is 2. The predicted octanol–water partition coefficient (Wildman–Crippen LogP) is 1.47. The van der Waals surface area contributed by atoms with Gasteiger partial charge >= 0.3 is 0 Å². The maximum Gasteiger partial charge on any atom is 0.0727 e. The first kappa shape index (κ1) is 11.4. The Morgan fingerprint density at radius 1 is 1.20 bits per heavy atom. The summed E-state index contributed by atoms with van der Waals surface area (Å²) in [4.78, 5) is 0. The smallest absolute Gasteiger partial charge is 0.0727 e. The van der Waals surface area contributed by atoms with Crippen molar-refractivity contribution in [2.45, 2.75) is 56.7 Å². The minimum absolute atomic E-state index is 0.101. The maximum absolute atomic E-state index is 10.6. The molecule has 15 heavy (non-hydrogen) atoms. The second-order valence-corrected chi connectivity index (χ2v) is 5.30. The molecule has 0 unspecified atom stereocenters. The lowest BCUT2D eigenvalue weighted by Gasteiger charge is -2.56. The lowest BCUT2D eigenvalue weighted by molar-refractivity contribution is -0.209. The summed E-state index contributed by atoms with van der Waals surface area (Å²) in [6, 6.07) is 0. The highest BCUT2D eigenvalue weighted by atomic mass is 16.5. The number of aliphatic hydroxyl groups is 2. The molecule has 0 bridgehead atoms. The fraction of sp³-hybridized carbons (Fsp3) is 1.00. The Morgan fingerprint density at radius 3 is 2.27 bits per heavy atom. The molecule has 0 aromatic heterocycles. The van der Waals surface area contributed by atoms with Crippen LogP contribution in [0.3, 0.4) is 0 Å². The molecule has 2 aliphatic rings. The Kier molecular flexibility index (Phi) is 3.06. The number of rotatable bonds is 3. The van der Waals surface area contributed by atoms with Crippen LogP contribution in [-0.2, 0) is 4.74 Å². The molecule has 0 aromatic carbocycles. The van der Waals surface area contributed by atoms with Crippen molar-refractivity contribution in [1.82, 2.24) is 0 Å². The first-order valence-corrected chi connectivity index (χ1v) is 6.02. The van der Waals surface area contributed by atoms with Crippen molar-refractivity contribution in [2.24, 2.45) is 5.41 Å². The third-order valence-corrected chi connectivity index (χ3v) is 4.54. The molecule has 3 heteroatoms. The molecule has 2 N–H and O–H groups in total. The fourth-order valence-electron chi connectivity index (χ4n) is 3.30. The molecule has 2 rings (SSSR count). The van der Waals surface area contributed by atoms with Crippen LogP contribution in [0.25, 0.3) is 0 Å². The van der Waals surface area contributed by atoms with Crippen molar-refractivity contribution in [3.05, 3.63) is 0 Å². The molecule has 0 aliphatic heterocycles. The van der Waals surface area contributed by atoms with E-state index in [4.69, 9.17) is 4.74 Å². The van der Waals surface area contributed by atoms with Crippen LogP contribution in [0.1, 0.15) is 44.9 Å². The van der Waals surface area contributed by atoms with Crippen LogP contribution >= 0.6 is 0 Å². The Morgan fingerprint density at radius 2 is 1.80 bits per heavy atom. The first-order chi connectivity index (χ1) is 7.16. The van der Waals surface area contributed by atoms with Crippen molar-refractivity contribution in [2.75, 3.05) is 13.7 Å². The van der Waals surface area contributed by atoms with E-state index in [1.165, 1.54) is 6.42 Å². The van der Waals surface area contributed by atoms with Crippen molar-refractivity contribution in [3.63, 3.8) is 0 Å². The zero-order valence-electron chi connectivity index (χ0n) is 9.54. The van der Waals surface area contributed by atoms with Gasteiger partial charge in [0.05, 0.1) is 18.3 Å². The van der Waals surface area contributed by atoms with Crippen molar-refractivity contribution >= 4 is 0 Å². The summed E-state index contributed by atoms with van der Waals surface area (Å²) in [7, 11) is 1.71. The van der Waals surface area contributed by atoms with Gasteiger partial charge in [0.15, 0.2) is 0 Å². The molecule has 0 saturated heterocycles. The van der Waals surface area contributed by atoms with Gasteiger partial charge in [-0.2, -0.15) is 0 Å². The van der Waals surface area contributed by atoms with E-state index >= 15 is 0 Å². The predicted molar refractivity (Wildman–Crippen MR) is 57.6 cm³/mol. The van der Waals surface area contributed by atoms with E-state index < -0.39 is 5.60 Å². The summed E-state index contributed by atoms with van der Waals surface area (Å²) in [5, 5.41) is 20.2. The van der Waals surface area contributed by atoms with Crippen LogP contribution in [0.5, 0.6) is 0 Å². The number of ether oxygens (including phenoxy) is 1. The van der Waals surface area contributed by atoms with Gasteiger partial charge in [-0.05, 0) is 25.7 Å². The number of methoxy groups -OCH3 is 1. The molecule has 2 saturated carbocycles. The molecular weight excluding hydrogens is 192 g/mol. The fourth-order valence-corrected chi connectivity index (χ4v) is 3.30. The van der Waals surface area contributed by atoms with Gasteiger partial charge in [-0.3, -0.25) is 0 Å². The van der Waals surface area contributed by atoms with Gasteiger partial charge < -0.3 is 14.9 Å². The highest BCUT2D eigenvalue weighted by Crippen LogP contribution is 2.54. The topological polar surface area (TPSA) is 49.7 Å². The Bertz CT molecular complexity index is 215. The average Bonchev–Trinajstić information content (AvgIpc) is 2.18. The molecule has 0 radical (unpaired) electrons. The molecule has 0 atom stereocenters. The molecule has 3 nitrogen and oxygen atoms in total. The van der Waals surface area contributed by atoms with E-state index in [0.29, 0.717) is 0 Å². The highest BCUT2D eigenvalue weighted by Gasteiger charge is 2.57. The summed E-state index contributed by atoms with van der Waals surface area (Å²) < 4.78 is 5.26. The Labute approximate surface area is 91.4 Å². The standard InChI is InChI=1S/C12H22O3/c1-15-10-7-11(8-10,9-13)12(14)5-3-2-4-6-12/h10,13-14H,2-9H2,1H3. The Balaban J connectivity index is 2.06. The lowest BCUT2D eigenvalue weighted by atomic mass is 9.54. The maximum atomic E-state index is 10.6. The minimum atomic E-state index is -0.630. The van der Waals surface area contributed by atoms with E-state index in [-0.39, 0.29) is 18.1 Å². The summed E-state index contributed by atoms with van der Waals surface area (Å²) in [5.74, 6) is 0. The van der Waals surface area contributed by atoms with Crippen molar-refractivity contribution < 1.29 is 14.9 Å². The van der Waals surface area contributed by atoms with Crippen LogP contribution in [0, 0.1) is 5.41 Å². The van der Waals surface area contributed by atoms with Gasteiger partial charge in [0.2, 0.25) is 0 Å². The van der Waals surface area contributed by atoms with E-state index in [0.717, 1.165) is 38.5 Å². The number of hydrogen-bond acceptors (Lipinski definition) is 3. The quantitative estimate of drug-likeness (QED) is 0.748. The normalized spacial score (nSPS) is 39.8. The number of aliphatic hydroxyl groups excluding tert-OH is 1. The molecule has 2 fully saturated rings. The minimum Gasteiger partial charge on any atom is -0.396 e. The molecule has 2 aliphatic carbocycles.